The van der Waals surface area contributed by atoms with Gasteiger partial charge in [-0.3, -0.25) is 10.0 Å². The van der Waals surface area contributed by atoms with Crippen molar-refractivity contribution in [1.29, 1.82) is 0 Å². The molecule has 26 heavy (non-hydrogen) atoms. The first-order valence-corrected chi connectivity index (χ1v) is 8.37. The summed E-state index contributed by atoms with van der Waals surface area (Å²) in [5, 5.41) is 8.73. The largest absolute Gasteiger partial charge is 0.307 e. The normalized spacial score (nSPS) is 11.7. The smallest absolute Gasteiger partial charge is 0.243 e. The Morgan fingerprint density at radius 1 is 1.31 bits per heavy atom. The fraction of sp³-hybridized carbons (Fsp3) is 0.200. The van der Waals surface area contributed by atoms with Gasteiger partial charge in [0.25, 0.3) is 0 Å². The molecular formula is C20H20FN3O2. The molecule has 2 aromatic heterocycles. The second-order valence-electron chi connectivity index (χ2n) is 6.10. The molecule has 134 valence electrons. The minimum atomic E-state index is -0.445. The Bertz CT molecular complexity index is 963. The number of amides is 1. The van der Waals surface area contributed by atoms with E-state index in [-0.39, 0.29) is 12.2 Å². The number of benzene rings is 1. The summed E-state index contributed by atoms with van der Waals surface area (Å²) in [7, 11) is 0. The number of allylic oxidation sites excluding steroid dienone is 2. The number of hydrogen-bond acceptors (Lipinski definition) is 3. The van der Waals surface area contributed by atoms with Crippen molar-refractivity contribution in [2.75, 3.05) is 0 Å². The maximum atomic E-state index is 13.8. The van der Waals surface area contributed by atoms with E-state index < -0.39 is 5.91 Å². The number of halogens is 1. The topological polar surface area (TPSA) is 66.6 Å². The summed E-state index contributed by atoms with van der Waals surface area (Å²) in [6.45, 7) is 1.76. The zero-order chi connectivity index (χ0) is 18.5. The van der Waals surface area contributed by atoms with Gasteiger partial charge in [-0.1, -0.05) is 18.2 Å². The van der Waals surface area contributed by atoms with E-state index in [9.17, 15) is 9.18 Å². The third-order valence-electron chi connectivity index (χ3n) is 4.46. The second-order valence-corrected chi connectivity index (χ2v) is 6.10. The molecule has 0 unspecified atom stereocenters. The van der Waals surface area contributed by atoms with Crippen molar-refractivity contribution < 1.29 is 14.4 Å². The second kappa shape index (κ2) is 7.93. The Balaban J connectivity index is 1.91. The predicted molar refractivity (Wildman–Crippen MR) is 97.2 cm³/mol. The first kappa shape index (κ1) is 17.8. The number of carbonyl (C=O) groups excluding carboxylic acids is 1. The zero-order valence-electron chi connectivity index (χ0n) is 14.4. The summed E-state index contributed by atoms with van der Waals surface area (Å²) >= 11 is 0. The molecule has 0 aliphatic heterocycles. The summed E-state index contributed by atoms with van der Waals surface area (Å²) in [5.41, 5.74) is 5.88. The van der Waals surface area contributed by atoms with Crippen LogP contribution in [0.15, 0.2) is 55.0 Å². The minimum absolute atomic E-state index is 0.157. The Kier molecular flexibility index (Phi) is 5.43. The van der Waals surface area contributed by atoms with Gasteiger partial charge in [-0.2, -0.15) is 0 Å². The molecular weight excluding hydrogens is 333 g/mol. The minimum Gasteiger partial charge on any atom is -0.307 e. The van der Waals surface area contributed by atoms with Crippen LogP contribution < -0.4 is 5.48 Å². The molecule has 5 nitrogen and oxygen atoms in total. The number of imidazole rings is 1. The van der Waals surface area contributed by atoms with Gasteiger partial charge in [-0.05, 0) is 60.2 Å². The highest BCUT2D eigenvalue weighted by molar-refractivity contribution is 5.78. The maximum Gasteiger partial charge on any atom is 0.243 e. The summed E-state index contributed by atoms with van der Waals surface area (Å²) in [6, 6.07) is 8.93. The Morgan fingerprint density at radius 2 is 2.15 bits per heavy atom. The van der Waals surface area contributed by atoms with Crippen LogP contribution in [0.3, 0.4) is 0 Å². The fourth-order valence-corrected chi connectivity index (χ4v) is 2.88. The highest BCUT2D eigenvalue weighted by Gasteiger charge is 2.09. The standard InChI is InChI=1S/C20H20FN3O2/c1-14-15(3-2-4-18(14)21)5-6-16(7-8-20(25)23-26)17-9-11-24-12-10-22-19(24)13-17/h2-4,6,9-13,26H,5,7-8H2,1H3,(H,23,25)/b16-6+. The summed E-state index contributed by atoms with van der Waals surface area (Å²) in [4.78, 5) is 15.7. The molecule has 0 radical (unpaired) electrons. The summed E-state index contributed by atoms with van der Waals surface area (Å²) < 4.78 is 15.7. The molecule has 1 amide bonds. The molecule has 0 spiro atoms. The molecule has 2 heterocycles. The molecule has 0 atom stereocenters. The molecule has 0 saturated carbocycles. The number of aromatic nitrogens is 2. The number of pyridine rings is 1. The van der Waals surface area contributed by atoms with Crippen LogP contribution in [0.5, 0.6) is 0 Å². The van der Waals surface area contributed by atoms with Crippen LogP contribution in [0.4, 0.5) is 4.39 Å². The average molecular weight is 353 g/mol. The van der Waals surface area contributed by atoms with E-state index in [2.05, 4.69) is 4.98 Å². The lowest BCUT2D eigenvalue weighted by Crippen LogP contribution is -2.18. The molecule has 6 heteroatoms. The van der Waals surface area contributed by atoms with Crippen LogP contribution in [0.2, 0.25) is 0 Å². The van der Waals surface area contributed by atoms with Crippen LogP contribution >= 0.6 is 0 Å². The molecule has 0 bridgehead atoms. The predicted octanol–water partition coefficient (Wildman–Crippen LogP) is 3.69. The van der Waals surface area contributed by atoms with Crippen molar-refractivity contribution in [2.24, 2.45) is 0 Å². The monoisotopic (exact) mass is 353 g/mol. The van der Waals surface area contributed by atoms with Crippen LogP contribution in [0.25, 0.3) is 11.2 Å². The van der Waals surface area contributed by atoms with Gasteiger partial charge in [0.1, 0.15) is 11.5 Å². The first-order valence-electron chi connectivity index (χ1n) is 8.37. The molecule has 2 N–H and O–H groups in total. The highest BCUT2D eigenvalue weighted by Crippen LogP contribution is 2.23. The molecule has 3 rings (SSSR count). The molecule has 0 saturated heterocycles. The number of nitrogens with one attached hydrogen (secondary N) is 1. The summed E-state index contributed by atoms with van der Waals surface area (Å²) in [6.07, 6.45) is 8.66. The third kappa shape index (κ3) is 3.97. The zero-order valence-corrected chi connectivity index (χ0v) is 14.4. The van der Waals surface area contributed by atoms with Gasteiger partial charge in [0.05, 0.1) is 0 Å². The van der Waals surface area contributed by atoms with Gasteiger partial charge in [0.2, 0.25) is 5.91 Å². The van der Waals surface area contributed by atoms with Gasteiger partial charge < -0.3 is 4.40 Å². The Labute approximate surface area is 150 Å². The number of fused-ring (bicyclic) bond motifs is 1. The number of nitrogens with zero attached hydrogens (tertiary/aromatic N) is 2. The van der Waals surface area contributed by atoms with E-state index in [4.69, 9.17) is 5.21 Å². The van der Waals surface area contributed by atoms with E-state index in [0.717, 1.165) is 22.3 Å². The first-order chi connectivity index (χ1) is 12.6. The number of carbonyl (C=O) groups is 1. The van der Waals surface area contributed by atoms with Gasteiger partial charge in [0, 0.05) is 25.0 Å². The van der Waals surface area contributed by atoms with Crippen molar-refractivity contribution in [1.82, 2.24) is 14.9 Å². The van der Waals surface area contributed by atoms with Gasteiger partial charge >= 0.3 is 0 Å². The number of hydroxylamine groups is 1. The molecule has 3 aromatic rings. The Morgan fingerprint density at radius 3 is 2.96 bits per heavy atom. The van der Waals surface area contributed by atoms with E-state index in [1.807, 2.05) is 41.1 Å². The number of rotatable bonds is 6. The lowest BCUT2D eigenvalue weighted by molar-refractivity contribution is -0.129. The molecule has 0 aliphatic rings. The van der Waals surface area contributed by atoms with Crippen LogP contribution in [-0.2, 0) is 11.2 Å². The van der Waals surface area contributed by atoms with Crippen molar-refractivity contribution in [3.63, 3.8) is 0 Å². The van der Waals surface area contributed by atoms with E-state index in [1.165, 1.54) is 6.07 Å². The third-order valence-corrected chi connectivity index (χ3v) is 4.46. The van der Waals surface area contributed by atoms with E-state index in [1.54, 1.807) is 24.7 Å². The van der Waals surface area contributed by atoms with Crippen molar-refractivity contribution in [3.05, 3.63) is 77.5 Å². The molecule has 0 fully saturated rings. The SMILES string of the molecule is Cc1c(F)cccc1C/C=C(\CCC(=O)NO)c1ccn2ccnc2c1. The van der Waals surface area contributed by atoms with Gasteiger partial charge in [0.15, 0.2) is 0 Å². The molecule has 0 aliphatic carbocycles. The van der Waals surface area contributed by atoms with Crippen molar-refractivity contribution >= 4 is 17.1 Å². The van der Waals surface area contributed by atoms with Crippen LogP contribution in [0, 0.1) is 12.7 Å². The average Bonchev–Trinajstić information content (AvgIpc) is 3.12. The van der Waals surface area contributed by atoms with Crippen LogP contribution in [0.1, 0.15) is 29.5 Å². The van der Waals surface area contributed by atoms with Crippen molar-refractivity contribution in [2.45, 2.75) is 26.2 Å². The highest BCUT2D eigenvalue weighted by atomic mass is 19.1. The quantitative estimate of drug-likeness (QED) is 0.525. The van der Waals surface area contributed by atoms with Gasteiger partial charge in [-0.15, -0.1) is 0 Å². The van der Waals surface area contributed by atoms with Crippen molar-refractivity contribution in [3.8, 4) is 0 Å². The summed E-state index contributed by atoms with van der Waals surface area (Å²) in [5.74, 6) is -0.671. The lowest BCUT2D eigenvalue weighted by atomic mass is 9.97. The lowest BCUT2D eigenvalue weighted by Gasteiger charge is -2.10. The van der Waals surface area contributed by atoms with Crippen LogP contribution in [-0.4, -0.2) is 20.5 Å². The maximum absolute atomic E-state index is 13.8. The van der Waals surface area contributed by atoms with E-state index >= 15 is 0 Å². The Hall–Kier alpha value is -2.99. The molecule has 1 aromatic carbocycles. The fourth-order valence-electron chi connectivity index (χ4n) is 2.88. The van der Waals surface area contributed by atoms with Gasteiger partial charge in [-0.25, -0.2) is 14.9 Å². The van der Waals surface area contributed by atoms with E-state index in [0.29, 0.717) is 18.4 Å². The number of hydrogen-bond donors (Lipinski definition) is 2.